The van der Waals surface area contributed by atoms with Crippen LogP contribution in [0.4, 0.5) is 17.1 Å². The normalized spacial score (nSPS) is 11.9. The van der Waals surface area contributed by atoms with E-state index >= 15 is 0 Å². The predicted octanol–water partition coefficient (Wildman–Crippen LogP) is 1.83. The van der Waals surface area contributed by atoms with E-state index in [4.69, 9.17) is 9.11 Å². The number of rotatable bonds is 5. The van der Waals surface area contributed by atoms with E-state index in [9.17, 15) is 26.9 Å². The molecule has 0 atom stereocenters. The van der Waals surface area contributed by atoms with Crippen molar-refractivity contribution in [2.75, 3.05) is 5.32 Å². The van der Waals surface area contributed by atoms with E-state index in [0.717, 1.165) is 24.3 Å². The molecule has 24 heavy (non-hydrogen) atoms. The van der Waals surface area contributed by atoms with Crippen LogP contribution >= 0.6 is 0 Å². The van der Waals surface area contributed by atoms with Crippen molar-refractivity contribution < 1.29 is 30.9 Å². The number of hydrogen-bond donors (Lipinski definition) is 3. The lowest BCUT2D eigenvalue weighted by Gasteiger charge is -2.09. The summed E-state index contributed by atoms with van der Waals surface area (Å²) in [6.07, 6.45) is 0. The Kier molecular flexibility index (Phi) is 4.57. The van der Waals surface area contributed by atoms with E-state index in [1.165, 1.54) is 12.1 Å². The first-order valence-electron chi connectivity index (χ1n) is 6.09. The number of nitro benzene ring substituents is 1. The molecule has 12 heteroatoms. The van der Waals surface area contributed by atoms with Crippen molar-refractivity contribution in [1.29, 1.82) is 0 Å². The molecule has 0 radical (unpaired) electrons. The Bertz CT molecular complexity index is 1020. The first-order chi connectivity index (χ1) is 11.0. The van der Waals surface area contributed by atoms with Gasteiger partial charge in [-0.2, -0.15) is 16.8 Å². The Hall–Kier alpha value is -2.54. The van der Waals surface area contributed by atoms with Crippen LogP contribution < -0.4 is 5.32 Å². The summed E-state index contributed by atoms with van der Waals surface area (Å²) in [6, 6.07) is 7.48. The summed E-state index contributed by atoms with van der Waals surface area (Å²) in [5.74, 6) is 0. The molecule has 128 valence electrons. The lowest BCUT2D eigenvalue weighted by atomic mass is 10.2. The summed E-state index contributed by atoms with van der Waals surface area (Å²) >= 11 is 0. The standard InChI is InChI=1S/C12H10N2O8S2/c15-14(16)12-7-10(24(20,21)22)4-5-11(12)13-8-2-1-3-9(6-8)23(17,18)19/h1-7,13H,(H,17,18,19)(H,20,21,22). The summed E-state index contributed by atoms with van der Waals surface area (Å²) < 4.78 is 62.2. The fourth-order valence-electron chi connectivity index (χ4n) is 1.82. The highest BCUT2D eigenvalue weighted by Crippen LogP contribution is 2.30. The van der Waals surface area contributed by atoms with E-state index in [2.05, 4.69) is 5.32 Å². The molecule has 0 fully saturated rings. The Labute approximate surface area is 136 Å². The van der Waals surface area contributed by atoms with Gasteiger partial charge in [-0.05, 0) is 30.3 Å². The number of nitro groups is 1. The SMILES string of the molecule is O=[N+]([O-])c1cc(S(=O)(=O)O)ccc1Nc1cccc(S(=O)(=O)O)c1. The van der Waals surface area contributed by atoms with Gasteiger partial charge < -0.3 is 5.32 Å². The maximum Gasteiger partial charge on any atom is 0.294 e. The van der Waals surface area contributed by atoms with Gasteiger partial charge in [-0.1, -0.05) is 6.07 Å². The van der Waals surface area contributed by atoms with Crippen LogP contribution in [0.25, 0.3) is 0 Å². The molecule has 0 amide bonds. The van der Waals surface area contributed by atoms with Gasteiger partial charge >= 0.3 is 0 Å². The zero-order valence-corrected chi connectivity index (χ0v) is 13.3. The second kappa shape index (κ2) is 6.16. The van der Waals surface area contributed by atoms with Gasteiger partial charge in [0.05, 0.1) is 9.82 Å². The molecule has 0 spiro atoms. The van der Waals surface area contributed by atoms with Gasteiger partial charge in [0.1, 0.15) is 10.6 Å². The van der Waals surface area contributed by atoms with E-state index in [-0.39, 0.29) is 11.4 Å². The minimum absolute atomic E-state index is 0.104. The Balaban J connectivity index is 2.49. The number of nitrogens with zero attached hydrogens (tertiary/aromatic N) is 1. The average Bonchev–Trinajstić information content (AvgIpc) is 2.45. The molecule has 0 aliphatic rings. The number of hydrogen-bond acceptors (Lipinski definition) is 7. The molecule has 0 unspecified atom stereocenters. The largest absolute Gasteiger partial charge is 0.350 e. The van der Waals surface area contributed by atoms with Crippen LogP contribution in [0, 0.1) is 10.1 Å². The van der Waals surface area contributed by atoms with Crippen molar-refractivity contribution in [3.63, 3.8) is 0 Å². The average molecular weight is 374 g/mol. The molecule has 0 saturated carbocycles. The van der Waals surface area contributed by atoms with Gasteiger partial charge in [-0.3, -0.25) is 19.2 Å². The number of benzene rings is 2. The molecule has 0 aliphatic heterocycles. The predicted molar refractivity (Wildman–Crippen MR) is 82.5 cm³/mol. The number of anilines is 2. The van der Waals surface area contributed by atoms with Crippen LogP contribution in [0.3, 0.4) is 0 Å². The molecule has 0 heterocycles. The van der Waals surface area contributed by atoms with E-state index in [1.54, 1.807) is 0 Å². The van der Waals surface area contributed by atoms with E-state index in [0.29, 0.717) is 6.07 Å². The molecule has 0 aliphatic carbocycles. The summed E-state index contributed by atoms with van der Waals surface area (Å²) in [5.41, 5.74) is -0.685. The molecule has 0 saturated heterocycles. The third-order valence-corrected chi connectivity index (χ3v) is 4.57. The molecule has 0 bridgehead atoms. The molecule has 0 aromatic heterocycles. The third kappa shape index (κ3) is 4.05. The second-order valence-electron chi connectivity index (χ2n) is 4.54. The Morgan fingerprint density at radius 3 is 2.04 bits per heavy atom. The van der Waals surface area contributed by atoms with Gasteiger partial charge in [0.15, 0.2) is 0 Å². The third-order valence-electron chi connectivity index (χ3n) is 2.87. The first kappa shape index (κ1) is 17.8. The minimum Gasteiger partial charge on any atom is -0.350 e. The highest BCUT2D eigenvalue weighted by atomic mass is 32.2. The number of nitrogens with one attached hydrogen (secondary N) is 1. The van der Waals surface area contributed by atoms with Gasteiger partial charge in [-0.25, -0.2) is 0 Å². The highest BCUT2D eigenvalue weighted by molar-refractivity contribution is 7.86. The van der Waals surface area contributed by atoms with Crippen LogP contribution in [-0.2, 0) is 20.2 Å². The van der Waals surface area contributed by atoms with Crippen molar-refractivity contribution >= 4 is 37.3 Å². The molecule has 2 rings (SSSR count). The fourth-order valence-corrected chi connectivity index (χ4v) is 2.85. The molecule has 10 nitrogen and oxygen atoms in total. The highest BCUT2D eigenvalue weighted by Gasteiger charge is 2.20. The molecule has 2 aromatic rings. The summed E-state index contributed by atoms with van der Waals surface area (Å²) in [4.78, 5) is 9.11. The summed E-state index contributed by atoms with van der Waals surface area (Å²) in [6.45, 7) is 0. The van der Waals surface area contributed by atoms with Crippen molar-refractivity contribution in [3.8, 4) is 0 Å². The topological polar surface area (TPSA) is 164 Å². The zero-order chi connectivity index (χ0) is 18.1. The van der Waals surface area contributed by atoms with Crippen LogP contribution in [-0.4, -0.2) is 30.9 Å². The van der Waals surface area contributed by atoms with Gasteiger partial charge in [0.2, 0.25) is 0 Å². The van der Waals surface area contributed by atoms with E-state index < -0.39 is 40.6 Å². The van der Waals surface area contributed by atoms with E-state index in [1.807, 2.05) is 0 Å². The van der Waals surface area contributed by atoms with Crippen LogP contribution in [0.15, 0.2) is 52.3 Å². The lowest BCUT2D eigenvalue weighted by molar-refractivity contribution is -0.384. The van der Waals surface area contributed by atoms with Crippen molar-refractivity contribution in [2.24, 2.45) is 0 Å². The van der Waals surface area contributed by atoms with Crippen molar-refractivity contribution in [3.05, 3.63) is 52.6 Å². The zero-order valence-electron chi connectivity index (χ0n) is 11.6. The molecular weight excluding hydrogens is 364 g/mol. The quantitative estimate of drug-likeness (QED) is 0.402. The lowest BCUT2D eigenvalue weighted by Crippen LogP contribution is -2.03. The Morgan fingerprint density at radius 2 is 1.50 bits per heavy atom. The molecule has 2 aromatic carbocycles. The van der Waals surface area contributed by atoms with Crippen LogP contribution in [0.1, 0.15) is 0 Å². The minimum atomic E-state index is -4.62. The molecule has 3 N–H and O–H groups in total. The maximum atomic E-state index is 11.1. The fraction of sp³-hybridized carbons (Fsp3) is 0. The van der Waals surface area contributed by atoms with Gasteiger partial charge in [0, 0.05) is 11.8 Å². The summed E-state index contributed by atoms with van der Waals surface area (Å²) in [5, 5.41) is 13.6. The summed E-state index contributed by atoms with van der Waals surface area (Å²) in [7, 11) is -9.08. The molecular formula is C12H10N2O8S2. The second-order valence-corrected chi connectivity index (χ2v) is 7.38. The first-order valence-corrected chi connectivity index (χ1v) is 8.97. The van der Waals surface area contributed by atoms with Crippen molar-refractivity contribution in [2.45, 2.75) is 9.79 Å². The van der Waals surface area contributed by atoms with Crippen LogP contribution in [0.5, 0.6) is 0 Å². The van der Waals surface area contributed by atoms with Crippen LogP contribution in [0.2, 0.25) is 0 Å². The monoisotopic (exact) mass is 374 g/mol. The maximum absolute atomic E-state index is 11.1. The van der Waals surface area contributed by atoms with Gasteiger partial charge in [0.25, 0.3) is 25.9 Å². The van der Waals surface area contributed by atoms with Gasteiger partial charge in [-0.15, -0.1) is 0 Å². The van der Waals surface area contributed by atoms with Crippen molar-refractivity contribution in [1.82, 2.24) is 0 Å². The Morgan fingerprint density at radius 1 is 0.917 bits per heavy atom. The smallest absolute Gasteiger partial charge is 0.294 e.